The quantitative estimate of drug-likeness (QED) is 0.743. The van der Waals surface area contributed by atoms with Gasteiger partial charge in [-0.1, -0.05) is 50.6 Å². The Hall–Kier alpha value is -1.63. The van der Waals surface area contributed by atoms with Gasteiger partial charge in [0.25, 0.3) is 0 Å². The van der Waals surface area contributed by atoms with Crippen molar-refractivity contribution in [1.29, 1.82) is 0 Å². The van der Waals surface area contributed by atoms with Gasteiger partial charge in [0.1, 0.15) is 0 Å². The van der Waals surface area contributed by atoms with Crippen molar-refractivity contribution in [2.24, 2.45) is 5.41 Å². The standard InChI is InChI=1S/C17H21N/c1-13-5-7-15(8-6-13)16-11-14(9-10-18-16)12-17(2,3)4/h5-11H,12H2,1-4H3. The minimum absolute atomic E-state index is 0.311. The second kappa shape index (κ2) is 4.93. The van der Waals surface area contributed by atoms with Gasteiger partial charge >= 0.3 is 0 Å². The molecular weight excluding hydrogens is 218 g/mol. The van der Waals surface area contributed by atoms with E-state index in [1.54, 1.807) is 0 Å². The van der Waals surface area contributed by atoms with Crippen LogP contribution < -0.4 is 0 Å². The Balaban J connectivity index is 2.29. The summed E-state index contributed by atoms with van der Waals surface area (Å²) >= 11 is 0. The summed E-state index contributed by atoms with van der Waals surface area (Å²) in [6, 6.07) is 12.9. The second-order valence-electron chi connectivity index (χ2n) is 6.15. The maximum absolute atomic E-state index is 4.47. The van der Waals surface area contributed by atoms with E-state index in [2.05, 4.69) is 69.1 Å². The summed E-state index contributed by atoms with van der Waals surface area (Å²) in [4.78, 5) is 4.47. The fourth-order valence-corrected chi connectivity index (χ4v) is 2.08. The molecule has 0 saturated heterocycles. The van der Waals surface area contributed by atoms with Crippen LogP contribution >= 0.6 is 0 Å². The van der Waals surface area contributed by atoms with E-state index in [-0.39, 0.29) is 0 Å². The van der Waals surface area contributed by atoms with E-state index < -0.39 is 0 Å². The van der Waals surface area contributed by atoms with Crippen molar-refractivity contribution in [1.82, 2.24) is 4.98 Å². The third-order valence-electron chi connectivity index (χ3n) is 2.91. The lowest BCUT2D eigenvalue weighted by Crippen LogP contribution is -2.09. The normalized spacial score (nSPS) is 11.6. The first kappa shape index (κ1) is 12.8. The first-order valence-electron chi connectivity index (χ1n) is 6.46. The topological polar surface area (TPSA) is 12.9 Å². The predicted molar refractivity (Wildman–Crippen MR) is 77.6 cm³/mol. The van der Waals surface area contributed by atoms with Gasteiger partial charge < -0.3 is 0 Å². The van der Waals surface area contributed by atoms with Crippen LogP contribution in [0.3, 0.4) is 0 Å². The molecule has 2 aromatic rings. The van der Waals surface area contributed by atoms with Crippen LogP contribution in [0.5, 0.6) is 0 Å². The van der Waals surface area contributed by atoms with Gasteiger partial charge in [0.05, 0.1) is 5.69 Å². The van der Waals surface area contributed by atoms with Gasteiger partial charge in [-0.15, -0.1) is 0 Å². The monoisotopic (exact) mass is 239 g/mol. The molecule has 0 spiro atoms. The zero-order valence-corrected chi connectivity index (χ0v) is 11.7. The largest absolute Gasteiger partial charge is 0.256 e. The highest BCUT2D eigenvalue weighted by Gasteiger charge is 2.11. The minimum atomic E-state index is 0.311. The number of aromatic nitrogens is 1. The van der Waals surface area contributed by atoms with Gasteiger partial charge in [-0.25, -0.2) is 0 Å². The van der Waals surface area contributed by atoms with Crippen LogP contribution in [0.1, 0.15) is 31.9 Å². The van der Waals surface area contributed by atoms with E-state index in [4.69, 9.17) is 0 Å². The van der Waals surface area contributed by atoms with Crippen LogP contribution in [0.2, 0.25) is 0 Å². The van der Waals surface area contributed by atoms with Gasteiger partial charge in [-0.2, -0.15) is 0 Å². The molecule has 0 radical (unpaired) electrons. The number of pyridine rings is 1. The van der Waals surface area contributed by atoms with E-state index in [1.165, 1.54) is 16.7 Å². The Bertz CT molecular complexity index is 518. The molecule has 18 heavy (non-hydrogen) atoms. The van der Waals surface area contributed by atoms with E-state index in [0.717, 1.165) is 12.1 Å². The molecule has 1 heterocycles. The number of benzene rings is 1. The van der Waals surface area contributed by atoms with Crippen LogP contribution in [-0.2, 0) is 6.42 Å². The second-order valence-corrected chi connectivity index (χ2v) is 6.15. The van der Waals surface area contributed by atoms with Gasteiger partial charge in [0.2, 0.25) is 0 Å². The number of aryl methyl sites for hydroxylation is 1. The lowest BCUT2D eigenvalue weighted by atomic mass is 9.88. The molecular formula is C17H21N. The van der Waals surface area contributed by atoms with Crippen molar-refractivity contribution in [3.8, 4) is 11.3 Å². The molecule has 1 aromatic carbocycles. The Morgan fingerprint density at radius 3 is 2.28 bits per heavy atom. The van der Waals surface area contributed by atoms with Crippen LogP contribution in [0.15, 0.2) is 42.6 Å². The molecule has 0 amide bonds. The summed E-state index contributed by atoms with van der Waals surface area (Å²) in [5, 5.41) is 0. The zero-order chi connectivity index (χ0) is 13.2. The van der Waals surface area contributed by atoms with Crippen molar-refractivity contribution in [2.75, 3.05) is 0 Å². The van der Waals surface area contributed by atoms with Crippen LogP contribution in [0, 0.1) is 12.3 Å². The van der Waals surface area contributed by atoms with Crippen molar-refractivity contribution >= 4 is 0 Å². The number of hydrogen-bond acceptors (Lipinski definition) is 1. The highest BCUT2D eigenvalue weighted by Crippen LogP contribution is 2.23. The SMILES string of the molecule is Cc1ccc(-c2cc(CC(C)(C)C)ccn2)cc1. The molecule has 0 fully saturated rings. The van der Waals surface area contributed by atoms with Gasteiger partial charge in [-0.05, 0) is 36.5 Å². The van der Waals surface area contributed by atoms with E-state index >= 15 is 0 Å². The highest BCUT2D eigenvalue weighted by atomic mass is 14.7. The van der Waals surface area contributed by atoms with Crippen LogP contribution in [0.25, 0.3) is 11.3 Å². The smallest absolute Gasteiger partial charge is 0.0704 e. The first-order valence-corrected chi connectivity index (χ1v) is 6.46. The van der Waals surface area contributed by atoms with E-state index in [0.29, 0.717) is 5.41 Å². The summed E-state index contributed by atoms with van der Waals surface area (Å²) in [5.74, 6) is 0. The lowest BCUT2D eigenvalue weighted by molar-refractivity contribution is 0.411. The average molecular weight is 239 g/mol. The Labute approximate surface area is 110 Å². The summed E-state index contributed by atoms with van der Waals surface area (Å²) in [5.41, 5.74) is 5.21. The molecule has 0 aliphatic rings. The fraction of sp³-hybridized carbons (Fsp3) is 0.353. The molecule has 0 unspecified atom stereocenters. The maximum Gasteiger partial charge on any atom is 0.0704 e. The van der Waals surface area contributed by atoms with Crippen molar-refractivity contribution in [2.45, 2.75) is 34.1 Å². The molecule has 0 bridgehead atoms. The molecule has 0 N–H and O–H groups in total. The molecule has 94 valence electrons. The molecule has 0 saturated carbocycles. The van der Waals surface area contributed by atoms with Crippen molar-refractivity contribution in [3.05, 3.63) is 53.7 Å². The molecule has 0 aliphatic heterocycles. The highest BCUT2D eigenvalue weighted by molar-refractivity contribution is 5.60. The molecule has 1 nitrogen and oxygen atoms in total. The molecule has 2 rings (SSSR count). The lowest BCUT2D eigenvalue weighted by Gasteiger charge is -2.18. The molecule has 0 atom stereocenters. The third-order valence-corrected chi connectivity index (χ3v) is 2.91. The average Bonchev–Trinajstić information content (AvgIpc) is 2.28. The van der Waals surface area contributed by atoms with Gasteiger partial charge in [0.15, 0.2) is 0 Å². The van der Waals surface area contributed by atoms with Gasteiger partial charge in [0, 0.05) is 11.8 Å². The van der Waals surface area contributed by atoms with Crippen molar-refractivity contribution in [3.63, 3.8) is 0 Å². The third kappa shape index (κ3) is 3.43. The van der Waals surface area contributed by atoms with Crippen LogP contribution in [0.4, 0.5) is 0 Å². The van der Waals surface area contributed by atoms with Crippen LogP contribution in [-0.4, -0.2) is 4.98 Å². The zero-order valence-electron chi connectivity index (χ0n) is 11.7. The molecule has 0 aliphatic carbocycles. The number of nitrogens with zero attached hydrogens (tertiary/aromatic N) is 1. The summed E-state index contributed by atoms with van der Waals surface area (Å²) in [6.07, 6.45) is 2.99. The molecule has 1 heteroatoms. The molecule has 1 aromatic heterocycles. The van der Waals surface area contributed by atoms with E-state index in [1.807, 2.05) is 6.20 Å². The summed E-state index contributed by atoms with van der Waals surface area (Å²) < 4.78 is 0. The predicted octanol–water partition coefficient (Wildman–Crippen LogP) is 4.65. The number of hydrogen-bond donors (Lipinski definition) is 0. The fourth-order valence-electron chi connectivity index (χ4n) is 2.08. The number of rotatable bonds is 2. The Morgan fingerprint density at radius 2 is 1.67 bits per heavy atom. The van der Waals surface area contributed by atoms with Gasteiger partial charge in [-0.3, -0.25) is 4.98 Å². The first-order chi connectivity index (χ1) is 8.44. The summed E-state index contributed by atoms with van der Waals surface area (Å²) in [7, 11) is 0. The maximum atomic E-state index is 4.47. The Morgan fingerprint density at radius 1 is 1.00 bits per heavy atom. The summed E-state index contributed by atoms with van der Waals surface area (Å²) in [6.45, 7) is 8.89. The Kier molecular flexibility index (Phi) is 3.51. The minimum Gasteiger partial charge on any atom is -0.256 e. The van der Waals surface area contributed by atoms with E-state index in [9.17, 15) is 0 Å². The van der Waals surface area contributed by atoms with Crippen molar-refractivity contribution < 1.29 is 0 Å².